The van der Waals surface area contributed by atoms with E-state index < -0.39 is 0 Å². The quantitative estimate of drug-likeness (QED) is 0.815. The normalized spacial score (nSPS) is 11.0. The van der Waals surface area contributed by atoms with Crippen molar-refractivity contribution in [2.75, 3.05) is 0 Å². The fourth-order valence-corrected chi connectivity index (χ4v) is 1.71. The molecule has 2 rings (SSSR count). The zero-order chi connectivity index (χ0) is 13.5. The minimum Gasteiger partial charge on any atom is -0.339 e. The zero-order valence-corrected chi connectivity index (χ0v) is 10.8. The molecule has 0 unspecified atom stereocenters. The Morgan fingerprint density at radius 1 is 1.00 bits per heavy atom. The maximum Gasteiger partial charge on any atom is 0.296 e. The van der Waals surface area contributed by atoms with Gasteiger partial charge in [0.1, 0.15) is 0 Å². The number of amides is 1. The molecule has 2 aromatic carbocycles. The molecule has 1 atom stereocenters. The SMILES string of the molecule is C[C@@H](NC(=O)C#Cc1ccccc1)c1ccccc1. The van der Waals surface area contributed by atoms with Crippen molar-refractivity contribution >= 4 is 5.91 Å². The van der Waals surface area contributed by atoms with Gasteiger partial charge in [0, 0.05) is 11.5 Å². The van der Waals surface area contributed by atoms with Gasteiger partial charge >= 0.3 is 0 Å². The van der Waals surface area contributed by atoms with Crippen molar-refractivity contribution in [2.45, 2.75) is 13.0 Å². The lowest BCUT2D eigenvalue weighted by Crippen LogP contribution is -2.24. The Kier molecular flexibility index (Phi) is 4.36. The van der Waals surface area contributed by atoms with Crippen LogP contribution in [0, 0.1) is 11.8 Å². The van der Waals surface area contributed by atoms with Crippen LogP contribution in [-0.2, 0) is 4.79 Å². The summed E-state index contributed by atoms with van der Waals surface area (Å²) < 4.78 is 0. The van der Waals surface area contributed by atoms with Crippen LogP contribution in [0.1, 0.15) is 24.1 Å². The molecule has 0 aliphatic heterocycles. The number of carbonyl (C=O) groups excluding carboxylic acids is 1. The van der Waals surface area contributed by atoms with Gasteiger partial charge in [-0.2, -0.15) is 0 Å². The second kappa shape index (κ2) is 6.42. The Morgan fingerprint density at radius 3 is 2.21 bits per heavy atom. The van der Waals surface area contributed by atoms with Crippen LogP contribution in [0.5, 0.6) is 0 Å². The van der Waals surface area contributed by atoms with E-state index in [0.29, 0.717) is 0 Å². The lowest BCUT2D eigenvalue weighted by atomic mass is 10.1. The number of benzene rings is 2. The summed E-state index contributed by atoms with van der Waals surface area (Å²) in [6.45, 7) is 1.94. The molecule has 2 nitrogen and oxygen atoms in total. The highest BCUT2D eigenvalue weighted by Crippen LogP contribution is 2.10. The standard InChI is InChI=1S/C17H15NO/c1-14(16-10-6-3-7-11-16)18-17(19)13-12-15-8-4-2-5-9-15/h2-11,14H,1H3,(H,18,19)/t14-/m1/s1. The molecule has 0 fully saturated rings. The first-order chi connectivity index (χ1) is 9.25. The fourth-order valence-electron chi connectivity index (χ4n) is 1.71. The second-order valence-electron chi connectivity index (χ2n) is 4.22. The zero-order valence-electron chi connectivity index (χ0n) is 10.8. The number of rotatable bonds is 2. The van der Waals surface area contributed by atoms with Crippen LogP contribution in [0.4, 0.5) is 0 Å². The van der Waals surface area contributed by atoms with Gasteiger partial charge < -0.3 is 5.32 Å². The molecule has 0 aliphatic carbocycles. The first-order valence-corrected chi connectivity index (χ1v) is 6.18. The molecule has 0 bridgehead atoms. The molecule has 1 N–H and O–H groups in total. The van der Waals surface area contributed by atoms with Gasteiger partial charge in [0.05, 0.1) is 6.04 Å². The third kappa shape index (κ3) is 4.01. The Balaban J connectivity index is 1.97. The van der Waals surface area contributed by atoms with Crippen molar-refractivity contribution in [3.05, 3.63) is 71.8 Å². The van der Waals surface area contributed by atoms with Crippen LogP contribution in [0.2, 0.25) is 0 Å². The van der Waals surface area contributed by atoms with E-state index in [4.69, 9.17) is 0 Å². The van der Waals surface area contributed by atoms with Crippen molar-refractivity contribution in [1.29, 1.82) is 0 Å². The predicted octanol–water partition coefficient (Wildman–Crippen LogP) is 2.92. The maximum absolute atomic E-state index is 11.7. The van der Waals surface area contributed by atoms with E-state index in [0.717, 1.165) is 11.1 Å². The summed E-state index contributed by atoms with van der Waals surface area (Å²) >= 11 is 0. The van der Waals surface area contributed by atoms with Gasteiger partial charge in [0.2, 0.25) is 0 Å². The molecule has 0 heterocycles. The molecular formula is C17H15NO. The summed E-state index contributed by atoms with van der Waals surface area (Å²) in [7, 11) is 0. The third-order valence-electron chi connectivity index (χ3n) is 2.74. The van der Waals surface area contributed by atoms with E-state index in [1.807, 2.05) is 67.6 Å². The minimum absolute atomic E-state index is 0.0428. The van der Waals surface area contributed by atoms with Crippen molar-refractivity contribution < 1.29 is 4.79 Å². The lowest BCUT2D eigenvalue weighted by molar-refractivity contribution is -0.116. The topological polar surface area (TPSA) is 29.1 Å². The Hall–Kier alpha value is -2.53. The predicted molar refractivity (Wildman–Crippen MR) is 76.3 cm³/mol. The van der Waals surface area contributed by atoms with Crippen LogP contribution in [0.25, 0.3) is 0 Å². The Labute approximate surface area is 113 Å². The highest BCUT2D eigenvalue weighted by Gasteiger charge is 2.06. The summed E-state index contributed by atoms with van der Waals surface area (Å²) in [5.74, 6) is 5.18. The van der Waals surface area contributed by atoms with Crippen molar-refractivity contribution in [2.24, 2.45) is 0 Å². The summed E-state index contributed by atoms with van der Waals surface area (Å²) in [4.78, 5) is 11.7. The molecule has 0 saturated heterocycles. The van der Waals surface area contributed by atoms with Gasteiger partial charge in [-0.05, 0) is 24.6 Å². The molecule has 0 aliphatic rings. The average molecular weight is 249 g/mol. The number of carbonyl (C=O) groups is 1. The van der Waals surface area contributed by atoms with E-state index in [1.165, 1.54) is 0 Å². The molecule has 0 aromatic heterocycles. The van der Waals surface area contributed by atoms with E-state index in [2.05, 4.69) is 17.2 Å². The smallest absolute Gasteiger partial charge is 0.296 e. The van der Waals surface area contributed by atoms with Crippen LogP contribution in [0.3, 0.4) is 0 Å². The van der Waals surface area contributed by atoms with Gasteiger partial charge in [-0.3, -0.25) is 4.79 Å². The van der Waals surface area contributed by atoms with Gasteiger partial charge in [0.15, 0.2) is 0 Å². The van der Waals surface area contributed by atoms with Crippen LogP contribution >= 0.6 is 0 Å². The van der Waals surface area contributed by atoms with Crippen LogP contribution in [-0.4, -0.2) is 5.91 Å². The van der Waals surface area contributed by atoms with E-state index in [9.17, 15) is 4.79 Å². The third-order valence-corrected chi connectivity index (χ3v) is 2.74. The van der Waals surface area contributed by atoms with Gasteiger partial charge in [-0.1, -0.05) is 54.5 Å². The molecule has 2 aromatic rings. The summed E-state index contributed by atoms with van der Waals surface area (Å²) in [5.41, 5.74) is 1.90. The average Bonchev–Trinajstić information content (AvgIpc) is 2.47. The van der Waals surface area contributed by atoms with Crippen LogP contribution < -0.4 is 5.32 Å². The van der Waals surface area contributed by atoms with Crippen molar-refractivity contribution in [3.63, 3.8) is 0 Å². The van der Waals surface area contributed by atoms with E-state index in [1.54, 1.807) is 0 Å². The minimum atomic E-state index is -0.264. The van der Waals surface area contributed by atoms with Crippen molar-refractivity contribution in [1.82, 2.24) is 5.32 Å². The van der Waals surface area contributed by atoms with Crippen LogP contribution in [0.15, 0.2) is 60.7 Å². The Bertz CT molecular complexity index is 593. The largest absolute Gasteiger partial charge is 0.339 e. The summed E-state index contributed by atoms with van der Waals surface area (Å²) in [5, 5.41) is 2.85. The highest BCUT2D eigenvalue weighted by molar-refractivity contribution is 5.94. The second-order valence-corrected chi connectivity index (χ2v) is 4.22. The molecule has 0 spiro atoms. The monoisotopic (exact) mass is 249 g/mol. The van der Waals surface area contributed by atoms with Gasteiger partial charge in [-0.25, -0.2) is 0 Å². The first kappa shape index (κ1) is 12.9. The number of hydrogen-bond donors (Lipinski definition) is 1. The molecule has 94 valence electrons. The molecule has 0 saturated carbocycles. The Morgan fingerprint density at radius 2 is 1.58 bits per heavy atom. The van der Waals surface area contributed by atoms with Crippen molar-refractivity contribution in [3.8, 4) is 11.8 Å². The summed E-state index contributed by atoms with van der Waals surface area (Å²) in [6.07, 6.45) is 0. The highest BCUT2D eigenvalue weighted by atomic mass is 16.1. The lowest BCUT2D eigenvalue weighted by Gasteiger charge is -2.11. The fraction of sp³-hybridized carbons (Fsp3) is 0.118. The van der Waals surface area contributed by atoms with Gasteiger partial charge in [-0.15, -0.1) is 0 Å². The molecule has 0 radical (unpaired) electrons. The number of nitrogens with one attached hydrogen (secondary N) is 1. The molecule has 2 heteroatoms. The maximum atomic E-state index is 11.7. The molecule has 1 amide bonds. The summed E-state index contributed by atoms with van der Waals surface area (Å²) in [6, 6.07) is 19.2. The first-order valence-electron chi connectivity index (χ1n) is 6.18. The molecule has 19 heavy (non-hydrogen) atoms. The molecular weight excluding hydrogens is 234 g/mol. The number of hydrogen-bond acceptors (Lipinski definition) is 1. The van der Waals surface area contributed by atoms with Gasteiger partial charge in [0.25, 0.3) is 5.91 Å². The van der Waals surface area contributed by atoms with E-state index >= 15 is 0 Å². The van der Waals surface area contributed by atoms with E-state index in [-0.39, 0.29) is 11.9 Å².